The molecule has 2 unspecified atom stereocenters. The van der Waals surface area contributed by atoms with Gasteiger partial charge in [-0.15, -0.1) is 0 Å². The van der Waals surface area contributed by atoms with Crippen LogP contribution in [0.2, 0.25) is 0 Å². The molecule has 1 aromatic heterocycles. The molecule has 5 nitrogen and oxygen atoms in total. The maximum Gasteiger partial charge on any atom is 0.327 e. The number of ether oxygens (including phenoxy) is 1. The minimum atomic E-state index is -0.148. The number of hydrogen-bond acceptors (Lipinski definition) is 3. The summed E-state index contributed by atoms with van der Waals surface area (Å²) >= 11 is 0. The van der Waals surface area contributed by atoms with Crippen LogP contribution in [0.5, 0.6) is 0 Å². The predicted octanol–water partition coefficient (Wildman–Crippen LogP) is 0.618. The van der Waals surface area contributed by atoms with Gasteiger partial charge >= 0.3 is 6.03 Å². The molecule has 2 atom stereocenters. The first-order chi connectivity index (χ1) is 6.77. The van der Waals surface area contributed by atoms with Crippen molar-refractivity contribution >= 4 is 6.03 Å². The normalized spacial score (nSPS) is 26.4. The van der Waals surface area contributed by atoms with Gasteiger partial charge < -0.3 is 10.1 Å². The molecule has 0 bridgehead atoms. The van der Waals surface area contributed by atoms with E-state index < -0.39 is 0 Å². The summed E-state index contributed by atoms with van der Waals surface area (Å²) in [7, 11) is 0. The summed E-state index contributed by atoms with van der Waals surface area (Å²) in [5, 5.41) is 2.89. The van der Waals surface area contributed by atoms with Crippen molar-refractivity contribution in [2.75, 3.05) is 6.61 Å². The average molecular weight is 195 g/mol. The summed E-state index contributed by atoms with van der Waals surface area (Å²) in [5.41, 5.74) is 0. The fraction of sp³-hybridized carbons (Fsp3) is 0.556. The van der Waals surface area contributed by atoms with E-state index >= 15 is 0 Å². The van der Waals surface area contributed by atoms with E-state index in [4.69, 9.17) is 4.74 Å². The zero-order chi connectivity index (χ0) is 9.97. The van der Waals surface area contributed by atoms with E-state index in [0.717, 1.165) is 13.0 Å². The Labute approximate surface area is 82.1 Å². The van der Waals surface area contributed by atoms with Crippen LogP contribution in [-0.4, -0.2) is 34.3 Å². The number of amides is 1. The highest BCUT2D eigenvalue weighted by molar-refractivity contribution is 5.76. The number of carbonyl (C=O) groups excluding carboxylic acids is 1. The Kier molecular flexibility index (Phi) is 2.49. The number of rotatable bonds is 1. The van der Waals surface area contributed by atoms with Crippen LogP contribution in [0.3, 0.4) is 0 Å². The predicted molar refractivity (Wildman–Crippen MR) is 50.0 cm³/mol. The van der Waals surface area contributed by atoms with Gasteiger partial charge in [0.2, 0.25) is 0 Å². The van der Waals surface area contributed by atoms with Gasteiger partial charge in [0.05, 0.1) is 12.1 Å². The molecule has 1 saturated heterocycles. The lowest BCUT2D eigenvalue weighted by Gasteiger charge is -2.15. The molecule has 5 heteroatoms. The summed E-state index contributed by atoms with van der Waals surface area (Å²) in [4.78, 5) is 15.4. The van der Waals surface area contributed by atoms with Crippen LogP contribution < -0.4 is 5.32 Å². The van der Waals surface area contributed by atoms with E-state index in [1.54, 1.807) is 12.4 Å². The smallest absolute Gasteiger partial charge is 0.327 e. The Balaban J connectivity index is 1.95. The van der Waals surface area contributed by atoms with Crippen LogP contribution in [-0.2, 0) is 4.74 Å². The molecule has 76 valence electrons. The first kappa shape index (κ1) is 9.21. The van der Waals surface area contributed by atoms with E-state index in [1.807, 2.05) is 6.92 Å². The van der Waals surface area contributed by atoms with Crippen molar-refractivity contribution < 1.29 is 9.53 Å². The molecule has 0 spiro atoms. The Hall–Kier alpha value is -1.36. The fourth-order valence-corrected chi connectivity index (χ4v) is 1.53. The van der Waals surface area contributed by atoms with Crippen molar-refractivity contribution in [3.63, 3.8) is 0 Å². The summed E-state index contributed by atoms with van der Waals surface area (Å²) in [6.45, 7) is 2.68. The number of aromatic nitrogens is 2. The van der Waals surface area contributed by atoms with Gasteiger partial charge in [0.25, 0.3) is 0 Å². The van der Waals surface area contributed by atoms with Crippen molar-refractivity contribution in [2.24, 2.45) is 0 Å². The molecule has 0 radical (unpaired) electrons. The highest BCUT2D eigenvalue weighted by atomic mass is 16.5. The Bertz CT molecular complexity index is 310. The first-order valence-corrected chi connectivity index (χ1v) is 4.68. The van der Waals surface area contributed by atoms with Gasteiger partial charge in [-0.2, -0.15) is 0 Å². The van der Waals surface area contributed by atoms with Crippen molar-refractivity contribution in [2.45, 2.75) is 25.5 Å². The number of carbonyl (C=O) groups is 1. The third kappa shape index (κ3) is 1.77. The molecule has 1 amide bonds. The van der Waals surface area contributed by atoms with Crippen molar-refractivity contribution in [3.05, 3.63) is 18.7 Å². The first-order valence-electron chi connectivity index (χ1n) is 4.68. The van der Waals surface area contributed by atoms with Gasteiger partial charge in [0.1, 0.15) is 6.33 Å². The van der Waals surface area contributed by atoms with Gasteiger partial charge in [0, 0.05) is 19.0 Å². The number of nitrogens with one attached hydrogen (secondary N) is 1. The number of nitrogens with zero attached hydrogens (tertiary/aromatic N) is 2. The number of imidazole rings is 1. The second-order valence-corrected chi connectivity index (χ2v) is 3.39. The molecule has 1 N–H and O–H groups in total. The summed E-state index contributed by atoms with van der Waals surface area (Å²) in [6, 6.07) is -0.0326. The highest BCUT2D eigenvalue weighted by Gasteiger charge is 2.25. The quantitative estimate of drug-likeness (QED) is 0.714. The standard InChI is InChI=1S/C9H13N3O2/c1-7-8(2-5-14-7)11-9(13)12-4-3-10-6-12/h3-4,6-8H,2,5H2,1H3,(H,11,13). The van der Waals surface area contributed by atoms with Gasteiger partial charge in [0.15, 0.2) is 0 Å². The van der Waals surface area contributed by atoms with Gasteiger partial charge in [-0.1, -0.05) is 0 Å². The van der Waals surface area contributed by atoms with Crippen molar-refractivity contribution in [3.8, 4) is 0 Å². The molecule has 2 rings (SSSR count). The van der Waals surface area contributed by atoms with Crippen LogP contribution in [0.15, 0.2) is 18.7 Å². The summed E-state index contributed by atoms with van der Waals surface area (Å²) in [6.07, 6.45) is 5.66. The van der Waals surface area contributed by atoms with Crippen LogP contribution in [0.4, 0.5) is 4.79 Å². The van der Waals surface area contributed by atoms with Gasteiger partial charge in [-0.05, 0) is 13.3 Å². The molecule has 1 aliphatic rings. The lowest BCUT2D eigenvalue weighted by molar-refractivity contribution is 0.114. The van der Waals surface area contributed by atoms with Crippen LogP contribution in [0.25, 0.3) is 0 Å². The topological polar surface area (TPSA) is 56.1 Å². The SMILES string of the molecule is CC1OCCC1NC(=O)n1ccnc1. The lowest BCUT2D eigenvalue weighted by Crippen LogP contribution is -2.41. The van der Waals surface area contributed by atoms with E-state index in [0.29, 0.717) is 0 Å². The van der Waals surface area contributed by atoms with E-state index in [9.17, 15) is 4.79 Å². The number of hydrogen-bond donors (Lipinski definition) is 1. The van der Waals surface area contributed by atoms with Crippen molar-refractivity contribution in [1.29, 1.82) is 0 Å². The minimum Gasteiger partial charge on any atom is -0.376 e. The zero-order valence-electron chi connectivity index (χ0n) is 8.01. The van der Waals surface area contributed by atoms with Crippen LogP contribution >= 0.6 is 0 Å². The van der Waals surface area contributed by atoms with Crippen LogP contribution in [0.1, 0.15) is 13.3 Å². The Morgan fingerprint density at radius 1 is 1.71 bits per heavy atom. The summed E-state index contributed by atoms with van der Waals surface area (Å²) in [5.74, 6) is 0. The Morgan fingerprint density at radius 3 is 3.14 bits per heavy atom. The Morgan fingerprint density at radius 2 is 2.57 bits per heavy atom. The van der Waals surface area contributed by atoms with Crippen LogP contribution in [0, 0.1) is 0 Å². The molecule has 1 aromatic rings. The molecular weight excluding hydrogens is 182 g/mol. The third-order valence-corrected chi connectivity index (χ3v) is 2.42. The van der Waals surface area contributed by atoms with E-state index in [2.05, 4.69) is 10.3 Å². The monoisotopic (exact) mass is 195 g/mol. The van der Waals surface area contributed by atoms with Gasteiger partial charge in [-0.3, -0.25) is 4.57 Å². The molecule has 1 aliphatic heterocycles. The lowest BCUT2D eigenvalue weighted by atomic mass is 10.2. The molecule has 0 aromatic carbocycles. The molecular formula is C9H13N3O2. The average Bonchev–Trinajstić information content (AvgIpc) is 2.77. The second-order valence-electron chi connectivity index (χ2n) is 3.39. The molecule has 0 saturated carbocycles. The van der Waals surface area contributed by atoms with E-state index in [-0.39, 0.29) is 18.2 Å². The highest BCUT2D eigenvalue weighted by Crippen LogP contribution is 2.12. The fourth-order valence-electron chi connectivity index (χ4n) is 1.53. The molecule has 14 heavy (non-hydrogen) atoms. The van der Waals surface area contributed by atoms with E-state index in [1.165, 1.54) is 10.9 Å². The second kappa shape index (κ2) is 3.79. The van der Waals surface area contributed by atoms with Crippen molar-refractivity contribution in [1.82, 2.24) is 14.9 Å². The molecule has 0 aliphatic carbocycles. The maximum absolute atomic E-state index is 11.6. The molecule has 2 heterocycles. The summed E-state index contributed by atoms with van der Waals surface area (Å²) < 4.78 is 6.77. The third-order valence-electron chi connectivity index (χ3n) is 2.42. The zero-order valence-corrected chi connectivity index (χ0v) is 8.01. The van der Waals surface area contributed by atoms with Gasteiger partial charge in [-0.25, -0.2) is 9.78 Å². The molecule has 1 fully saturated rings. The minimum absolute atomic E-state index is 0.0995. The largest absolute Gasteiger partial charge is 0.376 e. The maximum atomic E-state index is 11.6.